The second-order valence-corrected chi connectivity index (χ2v) is 10.2. The van der Waals surface area contributed by atoms with Gasteiger partial charge in [-0.2, -0.15) is 13.2 Å². The highest BCUT2D eigenvalue weighted by Crippen LogP contribution is 2.54. The zero-order chi connectivity index (χ0) is 25.7. The van der Waals surface area contributed by atoms with Crippen molar-refractivity contribution in [2.24, 2.45) is 0 Å². The van der Waals surface area contributed by atoms with E-state index in [-0.39, 0.29) is 29.6 Å². The molecule has 5 rings (SSSR count). The molecule has 2 aromatic heterocycles. The summed E-state index contributed by atoms with van der Waals surface area (Å²) in [6, 6.07) is 6.15. The largest absolute Gasteiger partial charge is 0.416 e. The summed E-state index contributed by atoms with van der Waals surface area (Å²) in [7, 11) is 0. The number of carbonyl (C=O) groups excluding carboxylic acids is 1. The second-order valence-electron chi connectivity index (χ2n) is 9.26. The van der Waals surface area contributed by atoms with E-state index in [1.807, 2.05) is 5.38 Å². The van der Waals surface area contributed by atoms with Crippen LogP contribution in [0.1, 0.15) is 64.0 Å². The molecule has 0 radical (unpaired) electrons. The number of halogens is 3. The minimum atomic E-state index is -4.59. The molecule has 6 nitrogen and oxygen atoms in total. The standard InChI is InChI=1S/C26H24F3N3O3S/c1-2-15-11-20(36-14-15)25(8-9-25)24-30-19-7-4-10-32(13-18(19)22(34)31-24)23(35)21(33)16-5-3-6-17(12-16)26(27,28)29/h2-3,5-6,11-12,14,21,33H,1,4,7-10,13H2,(H,30,31,34). The first-order valence-corrected chi connectivity index (χ1v) is 12.5. The molecule has 1 atom stereocenters. The third-order valence-corrected chi connectivity index (χ3v) is 8.05. The molecule has 1 fully saturated rings. The Balaban J connectivity index is 1.40. The summed E-state index contributed by atoms with van der Waals surface area (Å²) in [5.74, 6) is -0.132. The van der Waals surface area contributed by atoms with Crippen molar-refractivity contribution >= 4 is 23.3 Å². The van der Waals surface area contributed by atoms with Crippen molar-refractivity contribution in [3.05, 3.63) is 91.3 Å². The van der Waals surface area contributed by atoms with E-state index in [0.29, 0.717) is 29.9 Å². The summed E-state index contributed by atoms with van der Waals surface area (Å²) in [5.41, 5.74) is 0.232. The predicted octanol–water partition coefficient (Wildman–Crippen LogP) is 4.58. The number of fused-ring (bicyclic) bond motifs is 1. The molecule has 1 aliphatic heterocycles. The quantitative estimate of drug-likeness (QED) is 0.521. The van der Waals surface area contributed by atoms with Crippen LogP contribution in [-0.4, -0.2) is 32.4 Å². The normalized spacial score (nSPS) is 17.7. The number of benzene rings is 1. The van der Waals surface area contributed by atoms with Crippen molar-refractivity contribution < 1.29 is 23.1 Å². The van der Waals surface area contributed by atoms with Crippen LogP contribution in [0.3, 0.4) is 0 Å². The molecular weight excluding hydrogens is 491 g/mol. The van der Waals surface area contributed by atoms with E-state index in [1.165, 1.54) is 11.0 Å². The Morgan fingerprint density at radius 3 is 2.75 bits per heavy atom. The number of alkyl halides is 3. The van der Waals surface area contributed by atoms with E-state index in [9.17, 15) is 27.9 Å². The van der Waals surface area contributed by atoms with Gasteiger partial charge in [0.15, 0.2) is 6.10 Å². The average Bonchev–Trinajstić information content (AvgIpc) is 3.58. The molecule has 2 N–H and O–H groups in total. The lowest BCUT2D eigenvalue weighted by Gasteiger charge is -2.24. The van der Waals surface area contributed by atoms with Gasteiger partial charge >= 0.3 is 6.18 Å². The molecule has 3 heterocycles. The number of thiophene rings is 1. The van der Waals surface area contributed by atoms with Crippen LogP contribution in [0.25, 0.3) is 6.08 Å². The van der Waals surface area contributed by atoms with Crippen molar-refractivity contribution in [3.8, 4) is 0 Å². The molecule has 188 valence electrons. The van der Waals surface area contributed by atoms with E-state index < -0.39 is 23.8 Å². The fraction of sp³-hybridized carbons (Fsp3) is 0.346. The highest BCUT2D eigenvalue weighted by Gasteiger charge is 2.50. The number of nitrogens with zero attached hydrogens (tertiary/aromatic N) is 2. The summed E-state index contributed by atoms with van der Waals surface area (Å²) < 4.78 is 39.2. The summed E-state index contributed by atoms with van der Waals surface area (Å²) in [5, 5.41) is 12.6. The molecular formula is C26H24F3N3O3S. The number of H-pyrrole nitrogens is 1. The van der Waals surface area contributed by atoms with Crippen LogP contribution in [0.4, 0.5) is 13.2 Å². The fourth-order valence-electron chi connectivity index (χ4n) is 4.67. The Morgan fingerprint density at radius 2 is 2.08 bits per heavy atom. The van der Waals surface area contributed by atoms with Gasteiger partial charge in [-0.05, 0) is 60.4 Å². The first kappa shape index (κ1) is 24.5. The number of rotatable bonds is 5. The van der Waals surface area contributed by atoms with Crippen molar-refractivity contribution in [2.45, 2.75) is 49.9 Å². The Hall–Kier alpha value is -3.24. The smallest absolute Gasteiger partial charge is 0.378 e. The summed E-state index contributed by atoms with van der Waals surface area (Å²) in [6.45, 7) is 3.98. The number of aliphatic hydroxyl groups excluding tert-OH is 1. The van der Waals surface area contributed by atoms with E-state index >= 15 is 0 Å². The zero-order valence-corrected chi connectivity index (χ0v) is 20.1. The van der Waals surface area contributed by atoms with Crippen LogP contribution in [0.2, 0.25) is 0 Å². The highest BCUT2D eigenvalue weighted by atomic mass is 32.1. The monoisotopic (exact) mass is 515 g/mol. The number of aryl methyl sites for hydroxylation is 1. The Morgan fingerprint density at radius 1 is 1.31 bits per heavy atom. The molecule has 3 aromatic rings. The number of carbonyl (C=O) groups is 1. The Kier molecular flexibility index (Phi) is 6.12. The number of hydrogen-bond donors (Lipinski definition) is 2. The first-order chi connectivity index (χ1) is 17.1. The topological polar surface area (TPSA) is 86.3 Å². The second kappa shape index (κ2) is 9.01. The average molecular weight is 516 g/mol. The van der Waals surface area contributed by atoms with Gasteiger partial charge in [0.1, 0.15) is 5.82 Å². The minimum Gasteiger partial charge on any atom is -0.378 e. The zero-order valence-electron chi connectivity index (χ0n) is 19.3. The number of hydrogen-bond acceptors (Lipinski definition) is 5. The SMILES string of the molecule is C=Cc1csc(C2(c3nc4c(c(=O)[nH]3)CN(C(=O)C(O)c3cccc(C(F)(F)F)c3)CCC4)CC2)c1. The third kappa shape index (κ3) is 4.39. The van der Waals surface area contributed by atoms with Crippen molar-refractivity contribution in [2.75, 3.05) is 6.54 Å². The lowest BCUT2D eigenvalue weighted by molar-refractivity contribution is -0.142. The molecule has 2 aliphatic rings. The molecule has 1 aromatic carbocycles. The predicted molar refractivity (Wildman–Crippen MR) is 129 cm³/mol. The van der Waals surface area contributed by atoms with Gasteiger partial charge < -0.3 is 15.0 Å². The molecule has 1 unspecified atom stereocenters. The number of aromatic nitrogens is 2. The molecule has 10 heteroatoms. The van der Waals surface area contributed by atoms with E-state index in [4.69, 9.17) is 4.98 Å². The lowest BCUT2D eigenvalue weighted by Crippen LogP contribution is -2.36. The number of aliphatic hydroxyl groups is 1. The van der Waals surface area contributed by atoms with Gasteiger partial charge in [0, 0.05) is 11.4 Å². The molecule has 36 heavy (non-hydrogen) atoms. The van der Waals surface area contributed by atoms with E-state index in [2.05, 4.69) is 17.6 Å². The Bertz CT molecular complexity index is 1390. The highest BCUT2D eigenvalue weighted by molar-refractivity contribution is 7.10. The first-order valence-electron chi connectivity index (χ1n) is 11.6. The minimum absolute atomic E-state index is 0.0700. The summed E-state index contributed by atoms with van der Waals surface area (Å²) >= 11 is 1.61. The van der Waals surface area contributed by atoms with Crippen LogP contribution in [0.5, 0.6) is 0 Å². The third-order valence-electron chi connectivity index (χ3n) is 6.90. The van der Waals surface area contributed by atoms with Crippen molar-refractivity contribution in [3.63, 3.8) is 0 Å². The van der Waals surface area contributed by atoms with Crippen LogP contribution in [-0.2, 0) is 29.4 Å². The summed E-state index contributed by atoms with van der Waals surface area (Å²) in [6.07, 6.45) is -1.84. The molecule has 0 bridgehead atoms. The fourth-order valence-corrected chi connectivity index (χ4v) is 5.83. The van der Waals surface area contributed by atoms with Crippen LogP contribution in [0.15, 0.2) is 47.1 Å². The van der Waals surface area contributed by atoms with Gasteiger partial charge in [0.05, 0.1) is 28.8 Å². The maximum Gasteiger partial charge on any atom is 0.416 e. The lowest BCUT2D eigenvalue weighted by atomic mass is 10.0. The van der Waals surface area contributed by atoms with Gasteiger partial charge in [0.25, 0.3) is 11.5 Å². The maximum atomic E-state index is 13.1. The molecule has 1 aliphatic carbocycles. The van der Waals surface area contributed by atoms with Crippen LogP contribution in [0, 0.1) is 0 Å². The van der Waals surface area contributed by atoms with Gasteiger partial charge in [0.2, 0.25) is 0 Å². The molecule has 1 amide bonds. The van der Waals surface area contributed by atoms with Crippen LogP contribution < -0.4 is 5.56 Å². The number of nitrogens with one attached hydrogen (secondary N) is 1. The maximum absolute atomic E-state index is 13.1. The Labute approximate surface area is 209 Å². The van der Waals surface area contributed by atoms with E-state index in [1.54, 1.807) is 17.4 Å². The van der Waals surface area contributed by atoms with Crippen LogP contribution >= 0.6 is 11.3 Å². The van der Waals surface area contributed by atoms with Crippen molar-refractivity contribution in [1.29, 1.82) is 0 Å². The van der Waals surface area contributed by atoms with Gasteiger partial charge in [-0.15, -0.1) is 11.3 Å². The van der Waals surface area contributed by atoms with Gasteiger partial charge in [-0.25, -0.2) is 4.98 Å². The van der Waals surface area contributed by atoms with Gasteiger partial charge in [-0.1, -0.05) is 24.8 Å². The van der Waals surface area contributed by atoms with Crippen molar-refractivity contribution in [1.82, 2.24) is 14.9 Å². The molecule has 0 saturated heterocycles. The molecule has 0 spiro atoms. The number of amides is 1. The van der Waals surface area contributed by atoms with E-state index in [0.717, 1.165) is 41.5 Å². The number of aromatic amines is 1. The summed E-state index contributed by atoms with van der Waals surface area (Å²) in [4.78, 5) is 36.4. The molecule has 1 saturated carbocycles. The van der Waals surface area contributed by atoms with Gasteiger partial charge in [-0.3, -0.25) is 9.59 Å².